The molecule has 7 heteroatoms. The van der Waals surface area contributed by atoms with Crippen LogP contribution in [0.2, 0.25) is 0 Å². The van der Waals surface area contributed by atoms with Gasteiger partial charge in [-0.25, -0.2) is 0 Å². The van der Waals surface area contributed by atoms with Crippen molar-refractivity contribution in [2.45, 2.75) is 6.92 Å². The fourth-order valence-corrected chi connectivity index (χ4v) is 2.00. The van der Waals surface area contributed by atoms with Crippen LogP contribution in [-0.4, -0.2) is 29.9 Å². The molecule has 0 aliphatic heterocycles. The summed E-state index contributed by atoms with van der Waals surface area (Å²) in [5.41, 5.74) is 7.33. The van der Waals surface area contributed by atoms with Crippen LogP contribution in [0.15, 0.2) is 18.2 Å². The van der Waals surface area contributed by atoms with Crippen LogP contribution < -0.4 is 20.5 Å². The van der Waals surface area contributed by atoms with Crippen molar-refractivity contribution in [1.29, 1.82) is 0 Å². The average molecular weight is 290 g/mol. The van der Waals surface area contributed by atoms with Gasteiger partial charge in [0.1, 0.15) is 5.82 Å². The summed E-state index contributed by atoms with van der Waals surface area (Å²) in [7, 11) is 4.76. The Hall–Kier alpha value is -2.70. The average Bonchev–Trinajstić information content (AvgIpc) is 2.76. The highest BCUT2D eigenvalue weighted by Crippen LogP contribution is 2.32. The van der Waals surface area contributed by atoms with E-state index < -0.39 is 0 Å². The number of hydrogen-bond acceptors (Lipinski definition) is 5. The van der Waals surface area contributed by atoms with E-state index in [9.17, 15) is 4.79 Å². The van der Waals surface area contributed by atoms with E-state index in [0.29, 0.717) is 28.6 Å². The lowest BCUT2D eigenvalue weighted by Gasteiger charge is -2.12. The van der Waals surface area contributed by atoms with Crippen LogP contribution in [0.5, 0.6) is 11.5 Å². The molecule has 0 aliphatic rings. The van der Waals surface area contributed by atoms with E-state index in [4.69, 9.17) is 15.2 Å². The highest BCUT2D eigenvalue weighted by Gasteiger charge is 2.16. The third-order valence-electron chi connectivity index (χ3n) is 3.04. The molecule has 1 aromatic carbocycles. The number of methoxy groups -OCH3 is 2. The van der Waals surface area contributed by atoms with Crippen molar-refractivity contribution in [2.24, 2.45) is 7.05 Å². The number of anilines is 2. The third kappa shape index (κ3) is 2.91. The molecule has 0 saturated carbocycles. The molecule has 0 aliphatic carbocycles. The van der Waals surface area contributed by atoms with Crippen molar-refractivity contribution in [3.8, 4) is 11.5 Å². The van der Waals surface area contributed by atoms with E-state index in [2.05, 4.69) is 10.4 Å². The number of benzene rings is 1. The first kappa shape index (κ1) is 14.7. The van der Waals surface area contributed by atoms with Crippen LogP contribution >= 0.6 is 0 Å². The topological polar surface area (TPSA) is 91.4 Å². The summed E-state index contributed by atoms with van der Waals surface area (Å²) < 4.78 is 11.9. The maximum Gasteiger partial charge on any atom is 0.259 e. The number of nitrogens with zero attached hydrogens (tertiary/aromatic N) is 2. The van der Waals surface area contributed by atoms with Gasteiger partial charge in [-0.2, -0.15) is 5.10 Å². The predicted octanol–water partition coefficient (Wildman–Crippen LogP) is 1.58. The summed E-state index contributed by atoms with van der Waals surface area (Å²) in [6.45, 7) is 1.85. The molecular formula is C14H18N4O3. The van der Waals surface area contributed by atoms with Crippen LogP contribution in [-0.2, 0) is 7.05 Å². The lowest BCUT2D eigenvalue weighted by atomic mass is 10.1. The highest BCUT2D eigenvalue weighted by atomic mass is 16.5. The van der Waals surface area contributed by atoms with Crippen molar-refractivity contribution >= 4 is 17.4 Å². The number of ether oxygens (including phenoxy) is 2. The number of carbonyl (C=O) groups excluding carboxylic acids is 1. The summed E-state index contributed by atoms with van der Waals surface area (Å²) >= 11 is 0. The number of amides is 1. The van der Waals surface area contributed by atoms with Crippen molar-refractivity contribution in [3.63, 3.8) is 0 Å². The monoisotopic (exact) mass is 290 g/mol. The van der Waals surface area contributed by atoms with Crippen molar-refractivity contribution in [3.05, 3.63) is 29.5 Å². The van der Waals surface area contributed by atoms with Gasteiger partial charge in [-0.3, -0.25) is 9.48 Å². The van der Waals surface area contributed by atoms with Gasteiger partial charge in [0.25, 0.3) is 5.91 Å². The molecule has 0 radical (unpaired) electrons. The van der Waals surface area contributed by atoms with Crippen LogP contribution in [0, 0.1) is 6.92 Å². The molecule has 21 heavy (non-hydrogen) atoms. The second-order valence-electron chi connectivity index (χ2n) is 4.54. The SMILES string of the molecule is COc1cc(N)c(C(=O)Nc2cc(C)nn2C)cc1OC. The van der Waals surface area contributed by atoms with Crippen molar-refractivity contribution in [2.75, 3.05) is 25.3 Å². The molecule has 0 atom stereocenters. The summed E-state index contributed by atoms with van der Waals surface area (Å²) in [5, 5.41) is 6.93. The molecule has 1 amide bonds. The molecular weight excluding hydrogens is 272 g/mol. The molecule has 112 valence electrons. The number of carbonyl (C=O) groups is 1. The van der Waals surface area contributed by atoms with E-state index in [1.54, 1.807) is 29.9 Å². The Labute approximate surface area is 122 Å². The van der Waals surface area contributed by atoms with Gasteiger partial charge in [0, 0.05) is 24.9 Å². The second-order valence-corrected chi connectivity index (χ2v) is 4.54. The summed E-state index contributed by atoms with van der Waals surface area (Å²) in [6.07, 6.45) is 0. The smallest absolute Gasteiger partial charge is 0.259 e. The third-order valence-corrected chi connectivity index (χ3v) is 3.04. The number of rotatable bonds is 4. The molecule has 0 saturated heterocycles. The molecule has 1 aromatic heterocycles. The molecule has 7 nitrogen and oxygen atoms in total. The minimum Gasteiger partial charge on any atom is -0.493 e. The van der Waals surface area contributed by atoms with E-state index in [1.165, 1.54) is 14.2 Å². The summed E-state index contributed by atoms with van der Waals surface area (Å²) in [5.74, 6) is 1.17. The van der Waals surface area contributed by atoms with Crippen molar-refractivity contribution < 1.29 is 14.3 Å². The zero-order valence-corrected chi connectivity index (χ0v) is 12.4. The molecule has 3 N–H and O–H groups in total. The standard InChI is InChI=1S/C14H18N4O3/c1-8-5-13(18(2)17-8)16-14(19)9-6-11(20-3)12(21-4)7-10(9)15/h5-7H,15H2,1-4H3,(H,16,19). The highest BCUT2D eigenvalue weighted by molar-refractivity contribution is 6.08. The fraction of sp³-hybridized carbons (Fsp3) is 0.286. The Balaban J connectivity index is 2.33. The van der Waals surface area contributed by atoms with Crippen LogP contribution in [0.1, 0.15) is 16.1 Å². The van der Waals surface area contributed by atoms with E-state index in [1.807, 2.05) is 6.92 Å². The first-order chi connectivity index (χ1) is 9.96. The van der Waals surface area contributed by atoms with Gasteiger partial charge in [0.15, 0.2) is 11.5 Å². The molecule has 2 rings (SSSR count). The summed E-state index contributed by atoms with van der Waals surface area (Å²) in [6, 6.07) is 4.88. The minimum absolute atomic E-state index is 0.309. The second kappa shape index (κ2) is 5.74. The van der Waals surface area contributed by atoms with Gasteiger partial charge in [-0.1, -0.05) is 0 Å². The minimum atomic E-state index is -0.337. The van der Waals surface area contributed by atoms with Gasteiger partial charge in [-0.05, 0) is 13.0 Å². The van der Waals surface area contributed by atoms with E-state index >= 15 is 0 Å². The van der Waals surface area contributed by atoms with Gasteiger partial charge >= 0.3 is 0 Å². The quantitative estimate of drug-likeness (QED) is 0.834. The number of nitrogen functional groups attached to an aromatic ring is 1. The number of aryl methyl sites for hydroxylation is 2. The molecule has 0 bridgehead atoms. The Morgan fingerprint density at radius 1 is 1.24 bits per heavy atom. The van der Waals surface area contributed by atoms with Gasteiger partial charge in [-0.15, -0.1) is 0 Å². The lowest BCUT2D eigenvalue weighted by Crippen LogP contribution is -2.16. The van der Waals surface area contributed by atoms with Gasteiger partial charge in [0.2, 0.25) is 0 Å². The number of nitrogens with two attached hydrogens (primary N) is 1. The zero-order chi connectivity index (χ0) is 15.6. The number of nitrogens with one attached hydrogen (secondary N) is 1. The zero-order valence-electron chi connectivity index (χ0n) is 12.4. The summed E-state index contributed by atoms with van der Waals surface area (Å²) in [4.78, 5) is 12.3. The molecule has 2 aromatic rings. The lowest BCUT2D eigenvalue weighted by molar-refractivity contribution is 0.102. The Morgan fingerprint density at radius 2 is 1.86 bits per heavy atom. The molecule has 0 unspecified atom stereocenters. The van der Waals surface area contributed by atoms with Gasteiger partial charge in [0.05, 0.1) is 25.5 Å². The van der Waals surface area contributed by atoms with Crippen LogP contribution in [0.25, 0.3) is 0 Å². The van der Waals surface area contributed by atoms with Gasteiger partial charge < -0.3 is 20.5 Å². The maximum absolute atomic E-state index is 12.3. The number of aromatic nitrogens is 2. The van der Waals surface area contributed by atoms with E-state index in [0.717, 1.165) is 5.69 Å². The van der Waals surface area contributed by atoms with Crippen molar-refractivity contribution in [1.82, 2.24) is 9.78 Å². The molecule has 1 heterocycles. The largest absolute Gasteiger partial charge is 0.493 e. The molecule has 0 spiro atoms. The fourth-order valence-electron chi connectivity index (χ4n) is 2.00. The number of hydrogen-bond donors (Lipinski definition) is 2. The Kier molecular flexibility index (Phi) is 4.02. The first-order valence-electron chi connectivity index (χ1n) is 6.29. The first-order valence-corrected chi connectivity index (χ1v) is 6.29. The normalized spacial score (nSPS) is 10.3. The van der Waals surface area contributed by atoms with E-state index in [-0.39, 0.29) is 5.91 Å². The Morgan fingerprint density at radius 3 is 2.38 bits per heavy atom. The maximum atomic E-state index is 12.3. The predicted molar refractivity (Wildman–Crippen MR) is 79.9 cm³/mol. The Bertz CT molecular complexity index is 679. The van der Waals surface area contributed by atoms with Crippen LogP contribution in [0.3, 0.4) is 0 Å². The molecule has 0 fully saturated rings. The van der Waals surface area contributed by atoms with Crippen LogP contribution in [0.4, 0.5) is 11.5 Å².